The van der Waals surface area contributed by atoms with Crippen molar-refractivity contribution in [1.82, 2.24) is 10.3 Å². The molecule has 1 aliphatic rings. The van der Waals surface area contributed by atoms with Gasteiger partial charge in [0.05, 0.1) is 6.61 Å². The van der Waals surface area contributed by atoms with Crippen LogP contribution in [-0.4, -0.2) is 30.1 Å². The molecule has 1 aromatic heterocycles. The Labute approximate surface area is 153 Å². The van der Waals surface area contributed by atoms with Gasteiger partial charge in [-0.1, -0.05) is 6.07 Å². The number of nitrogens with zero attached hydrogens (tertiary/aromatic N) is 1. The standard InChI is InChI=1S/C20H25N3O3/c1-2-25-19-10-16(20(24)23-17(11-21)15-5-6-15)7-8-18(19)26-13-14-4-3-9-22-12-14/h3-4,7-10,12,15,17H,2,5-6,11,13,21H2,1H3,(H,23,24). The molecule has 3 N–H and O–H groups in total. The Balaban J connectivity index is 1.69. The lowest BCUT2D eigenvalue weighted by Crippen LogP contribution is -2.41. The van der Waals surface area contributed by atoms with Crippen molar-refractivity contribution in [2.45, 2.75) is 32.4 Å². The van der Waals surface area contributed by atoms with E-state index < -0.39 is 0 Å². The third-order valence-corrected chi connectivity index (χ3v) is 4.38. The van der Waals surface area contributed by atoms with Crippen LogP contribution in [0.25, 0.3) is 0 Å². The number of carbonyl (C=O) groups excluding carboxylic acids is 1. The second-order valence-corrected chi connectivity index (χ2v) is 6.40. The number of aromatic nitrogens is 1. The quantitative estimate of drug-likeness (QED) is 0.722. The molecule has 6 heteroatoms. The van der Waals surface area contributed by atoms with E-state index >= 15 is 0 Å². The fourth-order valence-corrected chi connectivity index (χ4v) is 2.80. The fraction of sp³-hybridized carbons (Fsp3) is 0.400. The average molecular weight is 355 g/mol. The maximum absolute atomic E-state index is 12.5. The number of benzene rings is 1. The van der Waals surface area contributed by atoms with Crippen molar-refractivity contribution in [3.05, 3.63) is 53.9 Å². The molecule has 6 nitrogen and oxygen atoms in total. The molecule has 0 aliphatic heterocycles. The van der Waals surface area contributed by atoms with E-state index in [9.17, 15) is 4.79 Å². The largest absolute Gasteiger partial charge is 0.490 e. The van der Waals surface area contributed by atoms with Crippen LogP contribution in [0.1, 0.15) is 35.7 Å². The minimum Gasteiger partial charge on any atom is -0.490 e. The van der Waals surface area contributed by atoms with Crippen LogP contribution in [0.2, 0.25) is 0 Å². The lowest BCUT2D eigenvalue weighted by atomic mass is 10.1. The zero-order chi connectivity index (χ0) is 18.4. The summed E-state index contributed by atoms with van der Waals surface area (Å²) in [6.07, 6.45) is 5.74. The van der Waals surface area contributed by atoms with E-state index in [0.29, 0.717) is 42.7 Å². The van der Waals surface area contributed by atoms with Crippen molar-refractivity contribution < 1.29 is 14.3 Å². The average Bonchev–Trinajstić information content (AvgIpc) is 3.51. The summed E-state index contributed by atoms with van der Waals surface area (Å²) < 4.78 is 11.5. The van der Waals surface area contributed by atoms with Crippen LogP contribution in [0.3, 0.4) is 0 Å². The van der Waals surface area contributed by atoms with Gasteiger partial charge in [-0.15, -0.1) is 0 Å². The molecule has 1 saturated carbocycles. The van der Waals surface area contributed by atoms with Crippen molar-refractivity contribution in [1.29, 1.82) is 0 Å². The maximum atomic E-state index is 12.5. The monoisotopic (exact) mass is 355 g/mol. The highest BCUT2D eigenvalue weighted by atomic mass is 16.5. The predicted molar refractivity (Wildman–Crippen MR) is 99.2 cm³/mol. The van der Waals surface area contributed by atoms with Crippen LogP contribution >= 0.6 is 0 Å². The SMILES string of the molecule is CCOc1cc(C(=O)NC(CN)C2CC2)ccc1OCc1cccnc1. The second kappa shape index (κ2) is 8.67. The fourth-order valence-electron chi connectivity index (χ4n) is 2.80. The first kappa shape index (κ1) is 18.2. The number of ether oxygens (including phenoxy) is 2. The van der Waals surface area contributed by atoms with E-state index in [-0.39, 0.29) is 11.9 Å². The van der Waals surface area contributed by atoms with E-state index in [1.54, 1.807) is 30.6 Å². The van der Waals surface area contributed by atoms with Gasteiger partial charge in [-0.2, -0.15) is 0 Å². The molecule has 26 heavy (non-hydrogen) atoms. The van der Waals surface area contributed by atoms with E-state index in [4.69, 9.17) is 15.2 Å². The Morgan fingerprint density at radius 1 is 1.31 bits per heavy atom. The van der Waals surface area contributed by atoms with Crippen molar-refractivity contribution in [3.63, 3.8) is 0 Å². The molecule has 1 heterocycles. The molecule has 1 aliphatic carbocycles. The van der Waals surface area contributed by atoms with Crippen molar-refractivity contribution in [2.75, 3.05) is 13.2 Å². The molecule has 1 amide bonds. The van der Waals surface area contributed by atoms with Gasteiger partial charge in [0.15, 0.2) is 11.5 Å². The zero-order valence-corrected chi connectivity index (χ0v) is 15.0. The molecule has 0 saturated heterocycles. The molecule has 138 valence electrons. The van der Waals surface area contributed by atoms with Crippen LogP contribution in [0.15, 0.2) is 42.7 Å². The third-order valence-electron chi connectivity index (χ3n) is 4.38. The van der Waals surface area contributed by atoms with Gasteiger partial charge in [-0.05, 0) is 49.9 Å². The van der Waals surface area contributed by atoms with Gasteiger partial charge >= 0.3 is 0 Å². The van der Waals surface area contributed by atoms with Gasteiger partial charge < -0.3 is 20.5 Å². The van der Waals surface area contributed by atoms with Crippen LogP contribution in [0.4, 0.5) is 0 Å². The molecule has 1 fully saturated rings. The van der Waals surface area contributed by atoms with E-state index in [1.165, 1.54) is 0 Å². The zero-order valence-electron chi connectivity index (χ0n) is 15.0. The molecule has 1 aromatic carbocycles. The summed E-state index contributed by atoms with van der Waals surface area (Å²) in [4.78, 5) is 16.6. The van der Waals surface area contributed by atoms with E-state index in [0.717, 1.165) is 18.4 Å². The van der Waals surface area contributed by atoms with Gasteiger partial charge in [0.25, 0.3) is 5.91 Å². The number of nitrogens with one attached hydrogen (secondary N) is 1. The van der Waals surface area contributed by atoms with Crippen LogP contribution < -0.4 is 20.5 Å². The summed E-state index contributed by atoms with van der Waals surface area (Å²) in [5.41, 5.74) is 7.28. The summed E-state index contributed by atoms with van der Waals surface area (Å²) in [6, 6.07) is 9.09. The highest BCUT2D eigenvalue weighted by Crippen LogP contribution is 2.33. The molecule has 1 unspecified atom stereocenters. The van der Waals surface area contributed by atoms with Gasteiger partial charge in [0, 0.05) is 36.1 Å². The van der Waals surface area contributed by atoms with Gasteiger partial charge in [-0.3, -0.25) is 9.78 Å². The number of pyridine rings is 1. The number of hydrogen-bond acceptors (Lipinski definition) is 5. The highest BCUT2D eigenvalue weighted by Gasteiger charge is 2.31. The minimum absolute atomic E-state index is 0.0413. The topological polar surface area (TPSA) is 86.5 Å². The van der Waals surface area contributed by atoms with E-state index in [1.807, 2.05) is 19.1 Å². The third kappa shape index (κ3) is 4.73. The van der Waals surface area contributed by atoms with E-state index in [2.05, 4.69) is 10.3 Å². The summed E-state index contributed by atoms with van der Waals surface area (Å²) >= 11 is 0. The van der Waals surface area contributed by atoms with Gasteiger partial charge in [0.1, 0.15) is 6.61 Å². The molecule has 0 radical (unpaired) electrons. The Kier molecular flexibility index (Phi) is 6.07. The lowest BCUT2D eigenvalue weighted by molar-refractivity contribution is 0.0933. The van der Waals surface area contributed by atoms with Gasteiger partial charge in [-0.25, -0.2) is 0 Å². The van der Waals surface area contributed by atoms with Crippen molar-refractivity contribution in [3.8, 4) is 11.5 Å². The Bertz CT molecular complexity index is 732. The minimum atomic E-state index is -0.132. The Morgan fingerprint density at radius 3 is 2.81 bits per heavy atom. The maximum Gasteiger partial charge on any atom is 0.251 e. The molecule has 3 rings (SSSR count). The predicted octanol–water partition coefficient (Wildman–Crippen LogP) is 2.53. The summed E-state index contributed by atoms with van der Waals surface area (Å²) in [7, 11) is 0. The van der Waals surface area contributed by atoms with Crippen molar-refractivity contribution >= 4 is 5.91 Å². The molecule has 0 spiro atoms. The smallest absolute Gasteiger partial charge is 0.251 e. The number of hydrogen-bond donors (Lipinski definition) is 2. The first-order valence-electron chi connectivity index (χ1n) is 9.00. The molecular weight excluding hydrogens is 330 g/mol. The first-order valence-corrected chi connectivity index (χ1v) is 9.00. The van der Waals surface area contributed by atoms with Crippen molar-refractivity contribution in [2.24, 2.45) is 11.7 Å². The first-order chi connectivity index (χ1) is 12.7. The summed E-state index contributed by atoms with van der Waals surface area (Å²) in [5, 5.41) is 3.02. The van der Waals surface area contributed by atoms with Gasteiger partial charge in [0.2, 0.25) is 0 Å². The normalized spacial score (nSPS) is 14.5. The number of rotatable bonds is 9. The lowest BCUT2D eigenvalue weighted by Gasteiger charge is -2.17. The molecular formula is C20H25N3O3. The van der Waals surface area contributed by atoms with Crippen LogP contribution in [-0.2, 0) is 6.61 Å². The number of carbonyl (C=O) groups is 1. The number of nitrogens with two attached hydrogens (primary N) is 1. The Hall–Kier alpha value is -2.60. The Morgan fingerprint density at radius 2 is 2.15 bits per heavy atom. The molecule has 1 atom stereocenters. The molecule has 0 bridgehead atoms. The van der Waals surface area contributed by atoms with Crippen LogP contribution in [0, 0.1) is 5.92 Å². The highest BCUT2D eigenvalue weighted by molar-refractivity contribution is 5.95. The summed E-state index contributed by atoms with van der Waals surface area (Å²) in [6.45, 7) is 3.23. The summed E-state index contributed by atoms with van der Waals surface area (Å²) in [5.74, 6) is 1.54. The molecule has 2 aromatic rings. The second-order valence-electron chi connectivity index (χ2n) is 6.40. The van der Waals surface area contributed by atoms with Crippen LogP contribution in [0.5, 0.6) is 11.5 Å². The number of amides is 1.